The molecule has 190 valence electrons. The molecule has 5 rings (SSSR count). The monoisotopic (exact) mass is 524 g/mol. The molecule has 1 aliphatic rings. The number of benzene rings is 1. The molecule has 3 heterocycles. The lowest BCUT2D eigenvalue weighted by molar-refractivity contribution is 0.159. The van der Waals surface area contributed by atoms with Crippen LogP contribution in [0.25, 0.3) is 16.7 Å². The van der Waals surface area contributed by atoms with E-state index in [1.807, 2.05) is 18.5 Å². The van der Waals surface area contributed by atoms with Crippen LogP contribution in [-0.4, -0.2) is 41.3 Å². The van der Waals surface area contributed by atoms with Crippen molar-refractivity contribution in [2.75, 3.05) is 4.72 Å². The molecule has 36 heavy (non-hydrogen) atoms. The summed E-state index contributed by atoms with van der Waals surface area (Å²) in [5.41, 5.74) is 1.94. The Morgan fingerprint density at radius 1 is 1.06 bits per heavy atom. The molecule has 9 nitrogen and oxygen atoms in total. The van der Waals surface area contributed by atoms with E-state index in [2.05, 4.69) is 53.8 Å². The van der Waals surface area contributed by atoms with Crippen LogP contribution in [0, 0.1) is 0 Å². The summed E-state index contributed by atoms with van der Waals surface area (Å²) in [6.07, 6.45) is 8.78. The van der Waals surface area contributed by atoms with Gasteiger partial charge in [0.15, 0.2) is 14.1 Å². The molecule has 3 aromatic heterocycles. The minimum atomic E-state index is -3.84. The summed E-state index contributed by atoms with van der Waals surface area (Å²) >= 11 is 0. The van der Waals surface area contributed by atoms with Crippen LogP contribution in [-0.2, 0) is 27.1 Å². The number of anilines is 1. The van der Waals surface area contributed by atoms with Crippen LogP contribution in [0.4, 0.5) is 5.69 Å². The minimum Gasteiger partial charge on any atom is -0.407 e. The first-order valence-corrected chi connectivity index (χ1v) is 16.4. The molecule has 0 unspecified atom stereocenters. The van der Waals surface area contributed by atoms with Gasteiger partial charge in [0.2, 0.25) is 0 Å². The first kappa shape index (κ1) is 24.7. The van der Waals surface area contributed by atoms with Crippen molar-refractivity contribution >= 4 is 34.9 Å². The summed E-state index contributed by atoms with van der Waals surface area (Å²) < 4.78 is 38.9. The Balaban J connectivity index is 1.36. The third-order valence-corrected chi connectivity index (χ3v) is 13.2. The molecule has 0 amide bonds. The van der Waals surface area contributed by atoms with E-state index in [0.29, 0.717) is 17.0 Å². The fourth-order valence-corrected chi connectivity index (χ4v) is 6.69. The number of nitrogens with zero attached hydrogens (tertiary/aromatic N) is 5. The predicted octanol–water partition coefficient (Wildman–Crippen LogP) is 4.97. The van der Waals surface area contributed by atoms with Crippen molar-refractivity contribution in [3.8, 4) is 5.82 Å². The molecule has 0 aliphatic heterocycles. The lowest BCUT2D eigenvalue weighted by Gasteiger charge is -2.39. The number of nitrogens with one attached hydrogen (secondary N) is 1. The van der Waals surface area contributed by atoms with Crippen LogP contribution >= 0.6 is 0 Å². The van der Waals surface area contributed by atoms with E-state index < -0.39 is 18.3 Å². The Kier molecular flexibility index (Phi) is 5.65. The van der Waals surface area contributed by atoms with Gasteiger partial charge in [0.25, 0.3) is 10.0 Å². The Morgan fingerprint density at radius 3 is 2.44 bits per heavy atom. The van der Waals surface area contributed by atoms with Gasteiger partial charge in [-0.15, -0.1) is 0 Å². The minimum absolute atomic E-state index is 0.0673. The van der Waals surface area contributed by atoms with Gasteiger partial charge in [0.05, 0.1) is 29.2 Å². The number of rotatable bonds is 7. The smallest absolute Gasteiger partial charge is 0.263 e. The van der Waals surface area contributed by atoms with Gasteiger partial charge in [0, 0.05) is 30.4 Å². The number of pyridine rings is 1. The zero-order chi connectivity index (χ0) is 25.9. The third-order valence-electron chi connectivity index (χ3n) is 7.34. The second kappa shape index (κ2) is 8.25. The highest BCUT2D eigenvalue weighted by molar-refractivity contribution is 7.92. The van der Waals surface area contributed by atoms with E-state index in [1.165, 1.54) is 12.3 Å². The Labute approximate surface area is 212 Å². The highest BCUT2D eigenvalue weighted by atomic mass is 32.2. The molecule has 0 atom stereocenters. The molecular weight excluding hydrogens is 492 g/mol. The molecule has 1 aromatic carbocycles. The highest BCUT2D eigenvalue weighted by Gasteiger charge is 2.53. The number of hydrogen-bond acceptors (Lipinski definition) is 6. The normalized spacial score (nSPS) is 15.8. The molecular formula is C25H32N6O3SSi. The van der Waals surface area contributed by atoms with Gasteiger partial charge in [-0.05, 0) is 49.2 Å². The molecule has 4 aromatic rings. The predicted molar refractivity (Wildman–Crippen MR) is 142 cm³/mol. The maximum atomic E-state index is 13.1. The van der Waals surface area contributed by atoms with Crippen LogP contribution in [0.1, 0.15) is 39.2 Å². The zero-order valence-electron chi connectivity index (χ0n) is 21.5. The van der Waals surface area contributed by atoms with Gasteiger partial charge in [-0.25, -0.2) is 18.1 Å². The molecule has 0 saturated heterocycles. The molecule has 1 aliphatic carbocycles. The fraction of sp³-hybridized carbons (Fsp3) is 0.400. The van der Waals surface area contributed by atoms with Crippen LogP contribution in [0.5, 0.6) is 0 Å². The van der Waals surface area contributed by atoms with Crippen molar-refractivity contribution < 1.29 is 12.8 Å². The van der Waals surface area contributed by atoms with Crippen molar-refractivity contribution in [2.45, 2.75) is 62.2 Å². The van der Waals surface area contributed by atoms with Gasteiger partial charge >= 0.3 is 0 Å². The van der Waals surface area contributed by atoms with Gasteiger partial charge < -0.3 is 4.43 Å². The van der Waals surface area contributed by atoms with Crippen LogP contribution < -0.4 is 4.72 Å². The number of fused-ring (bicyclic) bond motifs is 1. The van der Waals surface area contributed by atoms with E-state index in [-0.39, 0.29) is 15.5 Å². The number of sulfonamides is 1. The standard InChI is InChI=1S/C25H32N6O3SSi/c1-24(2,3)36(5,6)34-25(12-13-25)19-15-28-31(17-19)22-11-10-20(16-26-22)35(32,33)29-21-9-7-8-18-14-27-30(4)23(18)21/h7-11,14-17,29H,12-13H2,1-6H3. The maximum absolute atomic E-state index is 13.1. The summed E-state index contributed by atoms with van der Waals surface area (Å²) in [6, 6.07) is 8.59. The quantitative estimate of drug-likeness (QED) is 0.343. The van der Waals surface area contributed by atoms with Crippen molar-refractivity contribution in [2.24, 2.45) is 7.05 Å². The maximum Gasteiger partial charge on any atom is 0.263 e. The van der Waals surface area contributed by atoms with E-state index in [1.54, 1.807) is 40.8 Å². The van der Waals surface area contributed by atoms with Gasteiger partial charge in [0.1, 0.15) is 4.90 Å². The van der Waals surface area contributed by atoms with Gasteiger partial charge in [-0.2, -0.15) is 10.2 Å². The first-order chi connectivity index (χ1) is 16.8. The summed E-state index contributed by atoms with van der Waals surface area (Å²) in [7, 11) is -4.00. The molecule has 1 fully saturated rings. The lowest BCUT2D eigenvalue weighted by Crippen LogP contribution is -2.44. The lowest BCUT2D eigenvalue weighted by atomic mass is 10.2. The molecule has 11 heteroatoms. The van der Waals surface area contributed by atoms with Gasteiger partial charge in [-0.3, -0.25) is 9.40 Å². The first-order valence-electron chi connectivity index (χ1n) is 12.0. The third kappa shape index (κ3) is 4.35. The summed E-state index contributed by atoms with van der Waals surface area (Å²) in [5, 5.41) is 9.69. The highest BCUT2D eigenvalue weighted by Crippen LogP contribution is 2.54. The fourth-order valence-electron chi connectivity index (χ4n) is 4.07. The van der Waals surface area contributed by atoms with E-state index in [9.17, 15) is 8.42 Å². The van der Waals surface area contributed by atoms with Gasteiger partial charge in [-0.1, -0.05) is 32.9 Å². The molecule has 1 N–H and O–H groups in total. The average Bonchev–Trinajstić information content (AvgIpc) is 3.22. The van der Waals surface area contributed by atoms with E-state index >= 15 is 0 Å². The SMILES string of the molecule is Cn1ncc2cccc(NS(=O)(=O)c3ccc(-n4cc(C5(O[Si](C)(C)C(C)(C)C)CC5)cn4)nc3)c21. The molecule has 0 radical (unpaired) electrons. The molecule has 0 bridgehead atoms. The van der Waals surface area contributed by atoms with Crippen LogP contribution in [0.2, 0.25) is 18.1 Å². The Bertz CT molecular complexity index is 1530. The Hall–Kier alpha value is -3.02. The van der Waals surface area contributed by atoms with Crippen molar-refractivity contribution in [1.29, 1.82) is 0 Å². The molecule has 1 saturated carbocycles. The largest absolute Gasteiger partial charge is 0.407 e. The summed E-state index contributed by atoms with van der Waals surface area (Å²) in [4.78, 5) is 4.46. The number of aromatic nitrogens is 5. The Morgan fingerprint density at radius 2 is 1.81 bits per heavy atom. The summed E-state index contributed by atoms with van der Waals surface area (Å²) in [5.74, 6) is 0.539. The summed E-state index contributed by atoms with van der Waals surface area (Å²) in [6.45, 7) is 11.3. The van der Waals surface area contributed by atoms with E-state index in [4.69, 9.17) is 4.43 Å². The van der Waals surface area contributed by atoms with E-state index in [0.717, 1.165) is 23.8 Å². The second-order valence-corrected chi connectivity index (χ2v) is 17.4. The van der Waals surface area contributed by atoms with Crippen molar-refractivity contribution in [3.05, 3.63) is 60.7 Å². The molecule has 0 spiro atoms. The van der Waals surface area contributed by atoms with Crippen LogP contribution in [0.15, 0.2) is 60.0 Å². The van der Waals surface area contributed by atoms with Crippen molar-refractivity contribution in [1.82, 2.24) is 24.5 Å². The second-order valence-electron chi connectivity index (χ2n) is 11.0. The zero-order valence-corrected chi connectivity index (χ0v) is 23.3. The number of hydrogen-bond donors (Lipinski definition) is 1. The number of para-hydroxylation sites is 1. The topological polar surface area (TPSA) is 104 Å². The van der Waals surface area contributed by atoms with Crippen molar-refractivity contribution in [3.63, 3.8) is 0 Å². The number of aryl methyl sites for hydroxylation is 1. The van der Waals surface area contributed by atoms with Crippen LogP contribution in [0.3, 0.4) is 0 Å². The average molecular weight is 525 g/mol.